The zero-order valence-electron chi connectivity index (χ0n) is 11.9. The predicted molar refractivity (Wildman–Crippen MR) is 95.4 cm³/mol. The van der Waals surface area contributed by atoms with Gasteiger partial charge in [0.15, 0.2) is 0 Å². The van der Waals surface area contributed by atoms with Crippen molar-refractivity contribution < 1.29 is 4.79 Å². The summed E-state index contributed by atoms with van der Waals surface area (Å²) in [6.45, 7) is 0. The number of hydrazine groups is 2. The molecule has 2 N–H and O–H groups in total. The van der Waals surface area contributed by atoms with E-state index in [9.17, 15) is 4.79 Å². The van der Waals surface area contributed by atoms with Crippen LogP contribution >= 0.6 is 27.5 Å². The van der Waals surface area contributed by atoms with Crippen molar-refractivity contribution in [2.45, 2.75) is 0 Å². The van der Waals surface area contributed by atoms with Crippen LogP contribution in [0.3, 0.4) is 0 Å². The highest BCUT2D eigenvalue weighted by molar-refractivity contribution is 9.09. The molecule has 4 rings (SSSR count). The van der Waals surface area contributed by atoms with Crippen molar-refractivity contribution in [2.24, 2.45) is 0 Å². The normalized spacial score (nSPS) is 16.3. The number of allylic oxidation sites excluding steroid dienone is 1. The van der Waals surface area contributed by atoms with Crippen LogP contribution in [-0.4, -0.2) is 11.2 Å². The van der Waals surface area contributed by atoms with Gasteiger partial charge in [0, 0.05) is 10.4 Å². The first-order valence-corrected chi connectivity index (χ1v) is 8.50. The number of carbonyl (C=O) groups is 1. The minimum Gasteiger partial charge on any atom is -0.355 e. The molecular weight excluding hydrogens is 380 g/mol. The molecule has 23 heavy (non-hydrogen) atoms. The number of carbonyl (C=O) groups excluding carboxylic acids is 1. The summed E-state index contributed by atoms with van der Waals surface area (Å²) >= 11 is 9.38. The number of alkyl halides is 1. The average molecular weight is 392 g/mol. The summed E-state index contributed by atoms with van der Waals surface area (Å²) in [4.78, 5) is 12.9. The molecule has 2 aliphatic heterocycles. The Labute approximate surface area is 146 Å². The molecule has 0 saturated carbocycles. The highest BCUT2D eigenvalue weighted by Crippen LogP contribution is 2.38. The molecule has 1 amide bonds. The van der Waals surface area contributed by atoms with E-state index in [0.29, 0.717) is 16.0 Å². The summed E-state index contributed by atoms with van der Waals surface area (Å²) in [5.74, 6) is -0.122. The Kier molecular flexibility index (Phi) is 3.52. The van der Waals surface area contributed by atoms with Crippen LogP contribution in [0.2, 0.25) is 5.02 Å². The van der Waals surface area contributed by atoms with E-state index in [1.807, 2.05) is 24.3 Å². The summed E-state index contributed by atoms with van der Waals surface area (Å²) in [6, 6.07) is 15.0. The van der Waals surface area contributed by atoms with E-state index in [0.717, 1.165) is 22.8 Å². The van der Waals surface area contributed by atoms with Crippen molar-refractivity contribution in [3.63, 3.8) is 0 Å². The van der Waals surface area contributed by atoms with Gasteiger partial charge in [-0.1, -0.05) is 39.7 Å². The lowest BCUT2D eigenvalue weighted by Crippen LogP contribution is -2.41. The lowest BCUT2D eigenvalue weighted by Gasteiger charge is -2.28. The largest absolute Gasteiger partial charge is 0.355 e. The number of hydrogen-bond donors (Lipinski definition) is 2. The number of fused-ring (bicyclic) bond motifs is 3. The number of hydrogen-bond acceptors (Lipinski definition) is 4. The molecule has 2 aromatic carbocycles. The van der Waals surface area contributed by atoms with E-state index in [1.54, 1.807) is 29.3 Å². The summed E-state index contributed by atoms with van der Waals surface area (Å²) in [5.41, 5.74) is 7.13. The van der Waals surface area contributed by atoms with Crippen LogP contribution in [0.15, 0.2) is 59.9 Å². The molecule has 0 radical (unpaired) electrons. The van der Waals surface area contributed by atoms with Crippen LogP contribution in [0.1, 0.15) is 0 Å². The van der Waals surface area contributed by atoms with Gasteiger partial charge in [-0.05, 0) is 36.4 Å². The standard InChI is InChI=1S/C16H12BrClN4O/c17-9-13-15-16(23)21(11-7-5-10(18)6-8-11)20-22(15)14-4-2-1-3-12(14)19-13/h1-8,19-20H,9H2. The van der Waals surface area contributed by atoms with Gasteiger partial charge in [0.25, 0.3) is 5.91 Å². The Bertz CT molecular complexity index is 821. The van der Waals surface area contributed by atoms with Crippen molar-refractivity contribution in [3.05, 3.63) is 64.9 Å². The second-order valence-corrected chi connectivity index (χ2v) is 6.15. The Morgan fingerprint density at radius 3 is 2.52 bits per heavy atom. The second-order valence-electron chi connectivity index (χ2n) is 5.16. The third-order valence-corrected chi connectivity index (χ3v) is 4.58. The molecule has 0 spiro atoms. The van der Waals surface area contributed by atoms with E-state index < -0.39 is 0 Å². The topological polar surface area (TPSA) is 47.6 Å². The zero-order valence-corrected chi connectivity index (χ0v) is 14.2. The van der Waals surface area contributed by atoms with Gasteiger partial charge in [0.2, 0.25) is 0 Å². The van der Waals surface area contributed by atoms with Crippen molar-refractivity contribution in [2.75, 3.05) is 20.7 Å². The first-order chi connectivity index (χ1) is 11.2. The van der Waals surface area contributed by atoms with Gasteiger partial charge in [-0.3, -0.25) is 4.79 Å². The number of halogens is 2. The minimum absolute atomic E-state index is 0.122. The van der Waals surface area contributed by atoms with E-state index in [4.69, 9.17) is 11.6 Å². The zero-order chi connectivity index (χ0) is 16.0. The molecule has 2 aliphatic rings. The van der Waals surface area contributed by atoms with E-state index in [1.165, 1.54) is 5.01 Å². The van der Waals surface area contributed by atoms with Crippen LogP contribution in [0.5, 0.6) is 0 Å². The maximum atomic E-state index is 12.9. The quantitative estimate of drug-likeness (QED) is 0.767. The molecule has 5 nitrogen and oxygen atoms in total. The Morgan fingerprint density at radius 1 is 1.04 bits per heavy atom. The van der Waals surface area contributed by atoms with Crippen LogP contribution in [0.25, 0.3) is 0 Å². The summed E-state index contributed by atoms with van der Waals surface area (Å²) in [7, 11) is 0. The van der Waals surface area contributed by atoms with Gasteiger partial charge in [-0.15, -0.1) is 5.53 Å². The van der Waals surface area contributed by atoms with Gasteiger partial charge in [0.05, 0.1) is 22.8 Å². The van der Waals surface area contributed by atoms with Gasteiger partial charge in [0.1, 0.15) is 5.70 Å². The molecule has 0 aromatic heterocycles. The lowest BCUT2D eigenvalue weighted by atomic mass is 10.1. The number of amides is 1. The van der Waals surface area contributed by atoms with E-state index in [-0.39, 0.29) is 5.91 Å². The fourth-order valence-electron chi connectivity index (χ4n) is 2.69. The van der Waals surface area contributed by atoms with Crippen LogP contribution in [-0.2, 0) is 4.79 Å². The van der Waals surface area contributed by atoms with Crippen molar-refractivity contribution in [1.29, 1.82) is 0 Å². The third kappa shape index (κ3) is 2.30. The molecule has 1 fully saturated rings. The maximum absolute atomic E-state index is 12.9. The lowest BCUT2D eigenvalue weighted by molar-refractivity contribution is -0.114. The van der Waals surface area contributed by atoms with Crippen LogP contribution < -0.4 is 20.9 Å². The molecule has 1 saturated heterocycles. The summed E-state index contributed by atoms with van der Waals surface area (Å²) in [6.07, 6.45) is 0. The molecule has 0 atom stereocenters. The smallest absolute Gasteiger partial charge is 0.294 e. The predicted octanol–water partition coefficient (Wildman–Crippen LogP) is 3.64. The third-order valence-electron chi connectivity index (χ3n) is 3.76. The number of nitrogens with one attached hydrogen (secondary N) is 2. The van der Waals surface area contributed by atoms with Crippen molar-refractivity contribution in [3.8, 4) is 0 Å². The first-order valence-electron chi connectivity index (χ1n) is 7.00. The molecule has 2 aromatic rings. The molecule has 7 heteroatoms. The first kappa shape index (κ1) is 14.6. The fraction of sp³-hybridized carbons (Fsp3) is 0.0625. The van der Waals surface area contributed by atoms with Crippen molar-refractivity contribution in [1.82, 2.24) is 5.53 Å². The Balaban J connectivity index is 1.80. The molecular formula is C16H12BrClN4O. The minimum atomic E-state index is -0.122. The van der Waals surface area contributed by atoms with Crippen LogP contribution in [0, 0.1) is 0 Å². The van der Waals surface area contributed by atoms with E-state index >= 15 is 0 Å². The highest BCUT2D eigenvalue weighted by Gasteiger charge is 2.40. The van der Waals surface area contributed by atoms with Gasteiger partial charge < -0.3 is 5.32 Å². The summed E-state index contributed by atoms with van der Waals surface area (Å²) in [5, 5.41) is 7.81. The highest BCUT2D eigenvalue weighted by atomic mass is 79.9. The SMILES string of the molecule is O=C1C2=C(CBr)Nc3ccccc3N2NN1c1ccc(Cl)cc1. The fourth-order valence-corrected chi connectivity index (χ4v) is 3.22. The van der Waals surface area contributed by atoms with Crippen LogP contribution in [0.4, 0.5) is 17.1 Å². The molecule has 2 heterocycles. The monoisotopic (exact) mass is 390 g/mol. The number of para-hydroxylation sites is 2. The molecule has 0 unspecified atom stereocenters. The van der Waals surface area contributed by atoms with Gasteiger partial charge in [-0.25, -0.2) is 10.0 Å². The van der Waals surface area contributed by atoms with Gasteiger partial charge >= 0.3 is 0 Å². The second kappa shape index (κ2) is 5.56. The number of nitrogens with zero attached hydrogens (tertiary/aromatic N) is 2. The summed E-state index contributed by atoms with van der Waals surface area (Å²) < 4.78 is 0. The average Bonchev–Trinajstić information content (AvgIpc) is 2.93. The Morgan fingerprint density at radius 2 is 1.78 bits per heavy atom. The molecule has 116 valence electrons. The van der Waals surface area contributed by atoms with Crippen molar-refractivity contribution >= 4 is 50.5 Å². The van der Waals surface area contributed by atoms with E-state index in [2.05, 4.69) is 26.8 Å². The molecule has 0 aliphatic carbocycles. The number of benzene rings is 2. The van der Waals surface area contributed by atoms with Gasteiger partial charge in [-0.2, -0.15) is 0 Å². The maximum Gasteiger partial charge on any atom is 0.294 e. The molecule has 0 bridgehead atoms. The number of rotatable bonds is 2. The Hall–Kier alpha value is -2.02. The number of anilines is 3.